The Morgan fingerprint density at radius 2 is 1.39 bits per heavy atom. The number of aromatic carboxylic acids is 1. The number of benzene rings is 2. The second-order valence-corrected chi connectivity index (χ2v) is 11.7. The fourth-order valence-corrected chi connectivity index (χ4v) is 6.39. The minimum Gasteiger partial charge on any atom is -0.506 e. The zero-order valence-corrected chi connectivity index (χ0v) is 26.2. The van der Waals surface area contributed by atoms with E-state index in [0.29, 0.717) is 30.2 Å². The van der Waals surface area contributed by atoms with E-state index >= 15 is 0 Å². The van der Waals surface area contributed by atoms with Gasteiger partial charge in [0, 0.05) is 28.5 Å². The molecule has 0 spiro atoms. The van der Waals surface area contributed by atoms with Crippen molar-refractivity contribution in [2.75, 3.05) is 9.80 Å². The Balaban J connectivity index is 1.97. The second-order valence-electron chi connectivity index (χ2n) is 7.20. The van der Waals surface area contributed by atoms with E-state index in [-0.39, 0.29) is 16.4 Å². The number of anilines is 4. The van der Waals surface area contributed by atoms with Crippen LogP contribution >= 0.6 is 89.3 Å². The van der Waals surface area contributed by atoms with Crippen molar-refractivity contribution in [1.82, 2.24) is 9.97 Å². The number of phenols is 1. The van der Waals surface area contributed by atoms with Crippen molar-refractivity contribution in [2.45, 2.75) is 0 Å². The summed E-state index contributed by atoms with van der Waals surface area (Å²) in [7, 11) is 0. The number of hydrogen-bond acceptors (Lipinski definition) is 5. The molecule has 0 amide bonds. The Morgan fingerprint density at radius 1 is 0.861 bits per heavy atom. The average molecular weight is 852 g/mol. The summed E-state index contributed by atoms with van der Waals surface area (Å²) in [5.74, 6) is -0.0410. The number of nitrogens with zero attached hydrogens (tertiary/aromatic N) is 4. The Morgan fingerprint density at radius 3 is 1.86 bits per heavy atom. The van der Waals surface area contributed by atoms with E-state index in [9.17, 15) is 15.0 Å². The highest BCUT2D eigenvalue weighted by molar-refractivity contribution is 14.1. The van der Waals surface area contributed by atoms with Gasteiger partial charge in [0.15, 0.2) is 5.11 Å². The van der Waals surface area contributed by atoms with Gasteiger partial charge in [-0.1, -0.05) is 12.1 Å². The van der Waals surface area contributed by atoms with Crippen LogP contribution in [0.1, 0.15) is 10.4 Å². The molecule has 7 nitrogen and oxygen atoms in total. The van der Waals surface area contributed by atoms with Gasteiger partial charge in [0.1, 0.15) is 17.4 Å². The van der Waals surface area contributed by atoms with Gasteiger partial charge in [-0.3, -0.25) is 9.80 Å². The number of para-hydroxylation sites is 2. The molecule has 0 unspecified atom stereocenters. The van der Waals surface area contributed by atoms with Crippen LogP contribution in [0.4, 0.5) is 23.0 Å². The SMILES string of the molecule is O=C(O)c1cc(I)c(N(C(=S)N(c2ccc(Br)cn2)c2ccccc2O)c2ccc(Br)cn2)c(I)c1. The lowest BCUT2D eigenvalue weighted by atomic mass is 10.2. The molecule has 0 aliphatic carbocycles. The summed E-state index contributed by atoms with van der Waals surface area (Å²) < 4.78 is 2.89. The van der Waals surface area contributed by atoms with E-state index in [1.54, 1.807) is 70.7 Å². The van der Waals surface area contributed by atoms with Gasteiger partial charge in [-0.2, -0.15) is 0 Å². The number of phenolic OH excluding ortho intramolecular Hbond substituents is 1. The van der Waals surface area contributed by atoms with Crippen molar-refractivity contribution in [2.24, 2.45) is 0 Å². The number of aromatic hydroxyl groups is 1. The first-order valence-corrected chi connectivity index (χ1v) is 14.2. The van der Waals surface area contributed by atoms with Crippen LogP contribution in [0.15, 0.2) is 82.0 Å². The van der Waals surface area contributed by atoms with Gasteiger partial charge in [-0.05, 0) is 138 Å². The number of aromatic nitrogens is 2. The molecular weight excluding hydrogens is 838 g/mol. The van der Waals surface area contributed by atoms with Gasteiger partial charge in [0.2, 0.25) is 0 Å². The molecular formula is C24H14Br2I2N4O3S. The smallest absolute Gasteiger partial charge is 0.335 e. The third-order valence-corrected chi connectivity index (χ3v) is 7.82. The number of carboxylic acid groups (broad SMARTS) is 1. The van der Waals surface area contributed by atoms with Crippen LogP contribution in [0, 0.1) is 7.14 Å². The minimum absolute atomic E-state index is 0.0129. The van der Waals surface area contributed by atoms with E-state index in [2.05, 4.69) is 87.0 Å². The van der Waals surface area contributed by atoms with Gasteiger partial charge >= 0.3 is 5.97 Å². The van der Waals surface area contributed by atoms with E-state index in [1.807, 2.05) is 12.1 Å². The largest absolute Gasteiger partial charge is 0.506 e. The summed E-state index contributed by atoms with van der Waals surface area (Å²) >= 11 is 17.1. The second kappa shape index (κ2) is 11.7. The highest BCUT2D eigenvalue weighted by Gasteiger charge is 2.29. The summed E-state index contributed by atoms with van der Waals surface area (Å²) in [6.45, 7) is 0. The fourth-order valence-electron chi connectivity index (χ4n) is 3.29. The van der Waals surface area contributed by atoms with Crippen LogP contribution in [0.2, 0.25) is 0 Å². The van der Waals surface area contributed by atoms with Crippen LogP contribution in [0.3, 0.4) is 0 Å². The fraction of sp³-hybridized carbons (Fsp3) is 0. The quantitative estimate of drug-likeness (QED) is 0.155. The van der Waals surface area contributed by atoms with E-state index < -0.39 is 5.97 Å². The van der Waals surface area contributed by atoms with Crippen LogP contribution in [0.5, 0.6) is 5.75 Å². The van der Waals surface area contributed by atoms with Crippen molar-refractivity contribution in [3.05, 3.63) is 94.7 Å². The standard InChI is InChI=1S/C24H14Br2I2N4O3S/c25-14-5-7-20(29-11-14)31(18-3-1-2-4-19(18)33)24(36)32(21-8-6-15(26)12-30-21)22-16(27)9-13(23(34)35)10-17(22)28/h1-12,33H,(H,34,35). The van der Waals surface area contributed by atoms with Crippen molar-refractivity contribution in [3.8, 4) is 5.75 Å². The van der Waals surface area contributed by atoms with Gasteiger partial charge in [-0.15, -0.1) is 0 Å². The lowest BCUT2D eigenvalue weighted by molar-refractivity contribution is 0.0696. The first-order valence-electron chi connectivity index (χ1n) is 10.0. The molecule has 0 aliphatic rings. The van der Waals surface area contributed by atoms with E-state index in [1.165, 1.54) is 0 Å². The molecule has 0 radical (unpaired) electrons. The number of hydrogen-bond donors (Lipinski definition) is 2. The molecule has 0 saturated heterocycles. The van der Waals surface area contributed by atoms with E-state index in [4.69, 9.17) is 12.2 Å². The molecule has 12 heteroatoms. The lowest BCUT2D eigenvalue weighted by Gasteiger charge is -2.34. The molecule has 36 heavy (non-hydrogen) atoms. The predicted octanol–water partition coefficient (Wildman–Crippen LogP) is 7.88. The molecule has 2 aromatic carbocycles. The normalized spacial score (nSPS) is 10.7. The summed E-state index contributed by atoms with van der Waals surface area (Å²) in [4.78, 5) is 24.2. The Kier molecular flexibility index (Phi) is 8.80. The van der Waals surface area contributed by atoms with Crippen LogP contribution in [-0.2, 0) is 0 Å². The number of halogens is 4. The summed E-state index contributed by atoms with van der Waals surface area (Å²) in [6, 6.07) is 17.2. The van der Waals surface area contributed by atoms with Gasteiger partial charge in [-0.25, -0.2) is 14.8 Å². The maximum atomic E-state index is 11.7. The summed E-state index contributed by atoms with van der Waals surface area (Å²) in [5.41, 5.74) is 1.24. The maximum absolute atomic E-state index is 11.7. The zero-order valence-electron chi connectivity index (χ0n) is 17.9. The van der Waals surface area contributed by atoms with Gasteiger partial charge < -0.3 is 10.2 Å². The predicted molar refractivity (Wildman–Crippen MR) is 168 cm³/mol. The number of thiocarbonyl (C=S) groups is 1. The number of pyridine rings is 2. The highest BCUT2D eigenvalue weighted by Crippen LogP contribution is 2.39. The monoisotopic (exact) mass is 850 g/mol. The Hall–Kier alpha value is -1.88. The summed E-state index contributed by atoms with van der Waals surface area (Å²) in [5, 5.41) is 20.6. The molecule has 0 aliphatic heterocycles. The van der Waals surface area contributed by atoms with Crippen molar-refractivity contribution in [1.29, 1.82) is 0 Å². The van der Waals surface area contributed by atoms with E-state index in [0.717, 1.165) is 8.95 Å². The Bertz CT molecular complexity index is 1430. The van der Waals surface area contributed by atoms with Crippen LogP contribution in [0.25, 0.3) is 0 Å². The minimum atomic E-state index is -1.02. The first kappa shape index (κ1) is 27.2. The number of carbonyl (C=O) groups is 1. The zero-order chi connectivity index (χ0) is 26.0. The molecule has 0 fully saturated rings. The molecule has 2 N–H and O–H groups in total. The van der Waals surface area contributed by atoms with Crippen LogP contribution in [-0.4, -0.2) is 31.3 Å². The summed E-state index contributed by atoms with van der Waals surface area (Å²) in [6.07, 6.45) is 3.29. The highest BCUT2D eigenvalue weighted by atomic mass is 127. The maximum Gasteiger partial charge on any atom is 0.335 e. The lowest BCUT2D eigenvalue weighted by Crippen LogP contribution is -2.39. The molecule has 4 rings (SSSR count). The average Bonchev–Trinajstić information content (AvgIpc) is 2.84. The van der Waals surface area contributed by atoms with Crippen LogP contribution < -0.4 is 9.80 Å². The number of carboxylic acids is 1. The van der Waals surface area contributed by atoms with Crippen molar-refractivity contribution in [3.63, 3.8) is 0 Å². The molecule has 2 heterocycles. The van der Waals surface area contributed by atoms with Crippen molar-refractivity contribution < 1.29 is 15.0 Å². The number of rotatable bonds is 5. The molecule has 182 valence electrons. The Labute approximate surface area is 256 Å². The third-order valence-electron chi connectivity index (χ3n) is 4.87. The molecule has 0 saturated carbocycles. The molecule has 0 bridgehead atoms. The van der Waals surface area contributed by atoms with Gasteiger partial charge in [0.05, 0.1) is 16.9 Å². The third kappa shape index (κ3) is 5.82. The van der Waals surface area contributed by atoms with Gasteiger partial charge in [0.25, 0.3) is 0 Å². The molecule has 2 aromatic heterocycles. The molecule has 0 atom stereocenters. The molecule has 4 aromatic rings. The topological polar surface area (TPSA) is 89.8 Å². The van der Waals surface area contributed by atoms with Crippen molar-refractivity contribution >= 4 is 123 Å². The first-order chi connectivity index (χ1) is 17.2.